The first kappa shape index (κ1) is 11.8. The fraction of sp³-hybridized carbons (Fsp3) is 0.0833. The monoisotopic (exact) mass is 238 g/mol. The van der Waals surface area contributed by atoms with Crippen LogP contribution in [0, 0.1) is 5.82 Å². The van der Waals surface area contributed by atoms with Crippen LogP contribution in [0.4, 0.5) is 17.6 Å². The van der Waals surface area contributed by atoms with E-state index in [1.165, 1.54) is 25.1 Å². The molecule has 1 aromatic carbocycles. The van der Waals surface area contributed by atoms with Crippen molar-refractivity contribution >= 4 is 6.91 Å². The molecule has 2 aromatic rings. The van der Waals surface area contributed by atoms with Crippen LogP contribution in [-0.2, 0) is 6.18 Å². The van der Waals surface area contributed by atoms with Gasteiger partial charge < -0.3 is 0 Å². The quantitative estimate of drug-likeness (QED) is 0.662. The van der Waals surface area contributed by atoms with E-state index in [0.717, 1.165) is 6.07 Å². The van der Waals surface area contributed by atoms with Crippen LogP contribution in [0.25, 0.3) is 11.0 Å². The summed E-state index contributed by atoms with van der Waals surface area (Å²) in [6.45, 7) is 1.52. The van der Waals surface area contributed by atoms with Gasteiger partial charge in [-0.3, -0.25) is 0 Å². The summed E-state index contributed by atoms with van der Waals surface area (Å²) < 4.78 is 51.6. The van der Waals surface area contributed by atoms with Crippen LogP contribution in [-0.4, -0.2) is 6.91 Å². The van der Waals surface area contributed by atoms with Crippen molar-refractivity contribution in [1.82, 2.24) is 0 Å². The Morgan fingerprint density at radius 1 is 0.941 bits per heavy atom. The molecule has 0 amide bonds. The topological polar surface area (TPSA) is 0 Å². The maximum atomic E-state index is 13.3. The Morgan fingerprint density at radius 3 is 2.29 bits per heavy atom. The number of benzene rings is 1. The van der Waals surface area contributed by atoms with Crippen molar-refractivity contribution in [3.63, 3.8) is 0 Å². The standard InChI is InChI=1S/C12H7BF4/c14-10-6-3-4-8(11(10)12(15,16)17)9-5-1-2-7-13-9/h1-7H. The van der Waals surface area contributed by atoms with Crippen molar-refractivity contribution < 1.29 is 17.6 Å². The first-order valence-corrected chi connectivity index (χ1v) is 4.91. The summed E-state index contributed by atoms with van der Waals surface area (Å²) in [5.41, 5.74) is -1.01. The molecule has 0 atom stereocenters. The molecule has 2 rings (SSSR count). The molecule has 0 radical (unpaired) electrons. The van der Waals surface area contributed by atoms with E-state index in [-0.39, 0.29) is 5.56 Å². The third kappa shape index (κ3) is 2.38. The van der Waals surface area contributed by atoms with Crippen molar-refractivity contribution in [3.8, 4) is 11.0 Å². The third-order valence-corrected chi connectivity index (χ3v) is 2.38. The first-order valence-electron chi connectivity index (χ1n) is 4.91. The van der Waals surface area contributed by atoms with Crippen molar-refractivity contribution in [3.05, 3.63) is 53.7 Å². The van der Waals surface area contributed by atoms with Gasteiger partial charge in [-0.2, -0.15) is 0 Å². The fourth-order valence-electron chi connectivity index (χ4n) is 1.67. The average molecular weight is 238 g/mol. The van der Waals surface area contributed by atoms with Gasteiger partial charge in [0.25, 0.3) is 0 Å². The third-order valence-electron chi connectivity index (χ3n) is 2.38. The molecule has 0 aliphatic heterocycles. The van der Waals surface area contributed by atoms with Crippen molar-refractivity contribution in [1.29, 1.82) is 0 Å². The Hall–Kier alpha value is -1.65. The van der Waals surface area contributed by atoms with E-state index in [1.807, 2.05) is 0 Å². The molecule has 0 spiro atoms. The summed E-state index contributed by atoms with van der Waals surface area (Å²) in [4.78, 5) is 0. The second kappa shape index (κ2) is 4.32. The van der Waals surface area contributed by atoms with Gasteiger partial charge in [0.2, 0.25) is 0 Å². The van der Waals surface area contributed by atoms with Crippen LogP contribution in [0.2, 0.25) is 0 Å². The first-order chi connectivity index (χ1) is 8.00. The Balaban J connectivity index is 2.67. The van der Waals surface area contributed by atoms with Crippen LogP contribution in [0.3, 0.4) is 0 Å². The molecule has 0 fully saturated rings. The maximum absolute atomic E-state index is 13.3. The molecule has 0 unspecified atom stereocenters. The zero-order valence-electron chi connectivity index (χ0n) is 8.63. The second-order valence-electron chi connectivity index (χ2n) is 3.53. The molecule has 17 heavy (non-hydrogen) atoms. The number of halogens is 4. The van der Waals surface area contributed by atoms with Gasteiger partial charge >= 0.3 is 95.4 Å². The average Bonchev–Trinajstić information content (AvgIpc) is 2.28. The number of rotatable bonds is 1. The Morgan fingerprint density at radius 2 is 1.71 bits per heavy atom. The van der Waals surface area contributed by atoms with Crippen molar-refractivity contribution in [2.24, 2.45) is 0 Å². The van der Waals surface area contributed by atoms with E-state index in [9.17, 15) is 17.6 Å². The molecular weight excluding hydrogens is 231 g/mol. The zero-order chi connectivity index (χ0) is 12.5. The molecule has 0 nitrogen and oxygen atoms in total. The Kier molecular flexibility index (Phi) is 3.00. The molecule has 1 aromatic heterocycles. The summed E-state index contributed by atoms with van der Waals surface area (Å²) in [7, 11) is 0. The number of hydrogen-bond donors (Lipinski definition) is 0. The van der Waals surface area contributed by atoms with Crippen molar-refractivity contribution in [2.75, 3.05) is 0 Å². The van der Waals surface area contributed by atoms with E-state index in [0.29, 0.717) is 5.46 Å². The molecule has 5 heteroatoms. The summed E-state index contributed by atoms with van der Waals surface area (Å²) in [5.74, 6) is 0.360. The van der Waals surface area contributed by atoms with Crippen LogP contribution in [0.15, 0.2) is 42.4 Å². The van der Waals surface area contributed by atoms with Gasteiger partial charge in [-0.25, -0.2) is 0 Å². The van der Waals surface area contributed by atoms with Crippen LogP contribution in [0.1, 0.15) is 5.56 Å². The summed E-state index contributed by atoms with van der Waals surface area (Å²) in [6.07, 6.45) is -4.70. The number of alkyl halides is 3. The molecule has 0 bridgehead atoms. The van der Waals surface area contributed by atoms with Gasteiger partial charge in [0.1, 0.15) is 0 Å². The summed E-state index contributed by atoms with van der Waals surface area (Å²) >= 11 is 0. The zero-order valence-corrected chi connectivity index (χ0v) is 8.63. The van der Waals surface area contributed by atoms with E-state index in [1.54, 1.807) is 18.1 Å². The Labute approximate surface area is 96.1 Å². The van der Waals surface area contributed by atoms with Crippen molar-refractivity contribution in [2.45, 2.75) is 6.18 Å². The predicted molar refractivity (Wildman–Crippen MR) is 58.2 cm³/mol. The van der Waals surface area contributed by atoms with Gasteiger partial charge in [0.15, 0.2) is 0 Å². The van der Waals surface area contributed by atoms with Gasteiger partial charge in [-0.05, 0) is 0 Å². The molecular formula is C12H7BF4. The van der Waals surface area contributed by atoms with E-state index in [2.05, 4.69) is 0 Å². The normalized spacial score (nSPS) is 11.3. The van der Waals surface area contributed by atoms with Gasteiger partial charge in [-0.1, -0.05) is 0 Å². The predicted octanol–water partition coefficient (Wildman–Crippen LogP) is 3.85. The van der Waals surface area contributed by atoms with Gasteiger partial charge in [0, 0.05) is 0 Å². The van der Waals surface area contributed by atoms with Gasteiger partial charge in [0.05, 0.1) is 0 Å². The minimum atomic E-state index is -4.70. The number of hydrogen-bond acceptors (Lipinski definition) is 0. The van der Waals surface area contributed by atoms with E-state index < -0.39 is 17.6 Å². The van der Waals surface area contributed by atoms with Crippen LogP contribution >= 0.6 is 0 Å². The minimum absolute atomic E-state index is 0.141. The van der Waals surface area contributed by atoms with Crippen LogP contribution < -0.4 is 0 Å². The second-order valence-corrected chi connectivity index (χ2v) is 3.53. The Bertz CT molecular complexity index is 520. The molecule has 0 aliphatic rings. The molecule has 0 aliphatic carbocycles. The SMILES string of the molecule is Fc1cccc(-c2bcccc2)c1C(F)(F)F. The van der Waals surface area contributed by atoms with Gasteiger partial charge in [-0.15, -0.1) is 0 Å². The summed E-state index contributed by atoms with van der Waals surface area (Å²) in [5, 5.41) is 0. The molecule has 0 saturated heterocycles. The summed E-state index contributed by atoms with van der Waals surface area (Å²) in [6, 6.07) is 8.17. The van der Waals surface area contributed by atoms with Crippen LogP contribution in [0.5, 0.6) is 0 Å². The molecule has 1 heterocycles. The molecule has 86 valence electrons. The van der Waals surface area contributed by atoms with E-state index in [4.69, 9.17) is 0 Å². The fourth-order valence-corrected chi connectivity index (χ4v) is 1.67. The molecule has 0 N–H and O–H groups in total. The van der Waals surface area contributed by atoms with E-state index >= 15 is 0 Å². The molecule has 0 saturated carbocycles.